The highest BCUT2D eigenvalue weighted by Crippen LogP contribution is 2.20. The number of carbonyl (C=O) groups excluding carboxylic acids is 2. The monoisotopic (exact) mass is 488 g/mol. The van der Waals surface area contributed by atoms with E-state index in [1.807, 2.05) is 0 Å². The first-order valence-electron chi connectivity index (χ1n) is 8.79. The number of urea groups is 1. The maximum absolute atomic E-state index is 14.0. The molecule has 0 atom stereocenters. The number of esters is 1. The lowest BCUT2D eigenvalue weighted by Gasteiger charge is -2.22. The van der Waals surface area contributed by atoms with Crippen LogP contribution in [0.25, 0.3) is 0 Å². The van der Waals surface area contributed by atoms with Crippen molar-refractivity contribution in [2.45, 2.75) is 4.90 Å². The number of nitrogens with one attached hydrogen (secondary N) is 1. The lowest BCUT2D eigenvalue weighted by Crippen LogP contribution is -2.44. The van der Waals surface area contributed by atoms with E-state index in [0.717, 1.165) is 28.8 Å². The number of rotatable bonds is 9. The van der Waals surface area contributed by atoms with E-state index < -0.39 is 32.7 Å². The number of benzene rings is 1. The van der Waals surface area contributed by atoms with E-state index in [2.05, 4.69) is 19.7 Å². The summed E-state index contributed by atoms with van der Waals surface area (Å²) in [5, 5.41) is 0. The topological polar surface area (TPSA) is 144 Å². The molecule has 0 aliphatic rings. The Labute approximate surface area is 188 Å². The van der Waals surface area contributed by atoms with Crippen LogP contribution in [0, 0.1) is 5.82 Å². The van der Waals surface area contributed by atoms with Crippen molar-refractivity contribution in [1.82, 2.24) is 19.7 Å². The molecule has 0 aliphatic carbocycles. The molecular formula is C17H21FN6O6S2. The van der Waals surface area contributed by atoms with Gasteiger partial charge in [-0.1, -0.05) is 12.1 Å². The molecule has 1 aromatic carbocycles. The Morgan fingerprint density at radius 1 is 1.12 bits per heavy atom. The first kappa shape index (κ1) is 25.1. The van der Waals surface area contributed by atoms with Crippen molar-refractivity contribution in [2.24, 2.45) is 0 Å². The van der Waals surface area contributed by atoms with Gasteiger partial charge in [0.15, 0.2) is 0 Å². The smallest absolute Gasteiger partial charge is 0.338 e. The molecule has 2 amide bonds. The average Bonchev–Trinajstić information content (AvgIpc) is 2.75. The molecule has 174 valence electrons. The molecule has 0 saturated carbocycles. The minimum Gasteiger partial charge on any atom is -0.468 e. The molecule has 0 radical (unpaired) electrons. The van der Waals surface area contributed by atoms with Crippen molar-refractivity contribution in [3.8, 4) is 6.01 Å². The number of halogens is 1. The van der Waals surface area contributed by atoms with Crippen LogP contribution in [0.3, 0.4) is 0 Å². The Morgan fingerprint density at radius 3 is 2.38 bits per heavy atom. The second kappa shape index (κ2) is 10.9. The SMILES string of the molecule is COC(=O)CSCN(C(=O)NS(=O)(=O)c1ccccc1F)c1nc(OC)nc(N(C)C)n1. The normalized spacial score (nSPS) is 10.9. The lowest BCUT2D eigenvalue weighted by molar-refractivity contribution is -0.137. The second-order valence-electron chi connectivity index (χ2n) is 6.14. The van der Waals surface area contributed by atoms with Gasteiger partial charge in [-0.05, 0) is 12.1 Å². The molecule has 1 aromatic heterocycles. The summed E-state index contributed by atoms with van der Waals surface area (Å²) in [5.41, 5.74) is 0. The molecule has 0 fully saturated rings. The molecule has 0 bridgehead atoms. The predicted octanol–water partition coefficient (Wildman–Crippen LogP) is 0.854. The fourth-order valence-electron chi connectivity index (χ4n) is 2.12. The third kappa shape index (κ3) is 6.40. The largest absolute Gasteiger partial charge is 0.468 e. The number of carbonyl (C=O) groups is 2. The third-order valence-corrected chi connectivity index (χ3v) is 5.91. The van der Waals surface area contributed by atoms with Crippen LogP contribution in [0.1, 0.15) is 0 Å². The van der Waals surface area contributed by atoms with Gasteiger partial charge >= 0.3 is 18.0 Å². The molecule has 0 spiro atoms. The first-order chi connectivity index (χ1) is 15.1. The Kier molecular flexibility index (Phi) is 8.54. The molecule has 2 rings (SSSR count). The number of hydrogen-bond acceptors (Lipinski definition) is 11. The number of anilines is 2. The molecule has 2 aromatic rings. The summed E-state index contributed by atoms with van der Waals surface area (Å²) in [6.45, 7) is 0. The zero-order chi connectivity index (χ0) is 23.9. The van der Waals surface area contributed by atoms with Crippen LogP contribution in [0.5, 0.6) is 6.01 Å². The van der Waals surface area contributed by atoms with Crippen molar-refractivity contribution in [2.75, 3.05) is 49.7 Å². The minimum atomic E-state index is -4.56. The van der Waals surface area contributed by atoms with E-state index in [0.29, 0.717) is 0 Å². The molecule has 1 N–H and O–H groups in total. The van der Waals surface area contributed by atoms with Crippen molar-refractivity contribution < 1.29 is 31.9 Å². The van der Waals surface area contributed by atoms with Gasteiger partial charge in [-0.25, -0.2) is 22.3 Å². The summed E-state index contributed by atoms with van der Waals surface area (Å²) in [4.78, 5) is 38.1. The Hall–Kier alpha value is -3.20. The van der Waals surface area contributed by atoms with Gasteiger partial charge < -0.3 is 14.4 Å². The fraction of sp³-hybridized carbons (Fsp3) is 0.353. The van der Waals surface area contributed by atoms with E-state index in [9.17, 15) is 22.4 Å². The van der Waals surface area contributed by atoms with Gasteiger partial charge in [0, 0.05) is 14.1 Å². The summed E-state index contributed by atoms with van der Waals surface area (Å²) in [6.07, 6.45) is 0. The Bertz CT molecular complexity index is 1080. The Morgan fingerprint density at radius 2 is 1.78 bits per heavy atom. The number of nitrogens with zero attached hydrogens (tertiary/aromatic N) is 5. The number of hydrogen-bond donors (Lipinski definition) is 1. The predicted molar refractivity (Wildman–Crippen MR) is 115 cm³/mol. The van der Waals surface area contributed by atoms with E-state index in [-0.39, 0.29) is 29.5 Å². The van der Waals surface area contributed by atoms with Crippen molar-refractivity contribution >= 4 is 45.7 Å². The molecule has 1 heterocycles. The van der Waals surface area contributed by atoms with Gasteiger partial charge in [-0.2, -0.15) is 15.0 Å². The van der Waals surface area contributed by atoms with Crippen LogP contribution in [0.15, 0.2) is 29.2 Å². The summed E-state index contributed by atoms with van der Waals surface area (Å²) < 4.78 is 50.5. The van der Waals surface area contributed by atoms with Gasteiger partial charge in [0.1, 0.15) is 10.7 Å². The average molecular weight is 489 g/mol. The standard InChI is InChI=1S/C17H21FN6O6S2/c1-23(2)14-19-15(21-16(20-14)30-4)24(10-31-9-13(25)29-3)17(26)22-32(27,28)12-8-6-5-7-11(12)18/h5-8H,9-10H2,1-4H3,(H,22,26). The molecule has 15 heteroatoms. The summed E-state index contributed by atoms with van der Waals surface area (Å²) >= 11 is 0.937. The van der Waals surface area contributed by atoms with Crippen molar-refractivity contribution in [3.05, 3.63) is 30.1 Å². The number of sulfonamides is 1. The minimum absolute atomic E-state index is 0.125. The van der Waals surface area contributed by atoms with Crippen LogP contribution in [-0.2, 0) is 19.6 Å². The van der Waals surface area contributed by atoms with Gasteiger partial charge in [-0.15, -0.1) is 11.8 Å². The summed E-state index contributed by atoms with van der Waals surface area (Å²) in [6, 6.07) is 3.27. The fourth-order valence-corrected chi connectivity index (χ4v) is 3.95. The van der Waals surface area contributed by atoms with Gasteiger partial charge in [0.05, 0.1) is 25.8 Å². The number of ether oxygens (including phenoxy) is 2. The molecule has 0 saturated heterocycles. The lowest BCUT2D eigenvalue weighted by atomic mass is 10.4. The zero-order valence-electron chi connectivity index (χ0n) is 17.6. The third-order valence-electron chi connectivity index (χ3n) is 3.68. The molecule has 32 heavy (non-hydrogen) atoms. The number of aromatic nitrogens is 3. The van der Waals surface area contributed by atoms with Crippen LogP contribution in [-0.4, -0.2) is 75.3 Å². The highest BCUT2D eigenvalue weighted by Gasteiger charge is 2.28. The maximum Gasteiger partial charge on any atom is 0.338 e. The second-order valence-corrected chi connectivity index (χ2v) is 8.75. The highest BCUT2D eigenvalue weighted by molar-refractivity contribution is 8.00. The number of thioether (sulfide) groups is 1. The Balaban J connectivity index is 2.40. The zero-order valence-corrected chi connectivity index (χ0v) is 19.2. The number of amides is 2. The van der Waals surface area contributed by atoms with E-state index >= 15 is 0 Å². The van der Waals surface area contributed by atoms with Crippen LogP contribution < -0.4 is 19.3 Å². The summed E-state index contributed by atoms with van der Waals surface area (Å²) in [7, 11) is 1.22. The molecule has 12 nitrogen and oxygen atoms in total. The summed E-state index contributed by atoms with van der Waals surface area (Å²) in [5.74, 6) is -2.09. The van der Waals surface area contributed by atoms with Crippen molar-refractivity contribution in [1.29, 1.82) is 0 Å². The van der Waals surface area contributed by atoms with E-state index in [1.54, 1.807) is 18.8 Å². The van der Waals surface area contributed by atoms with Crippen molar-refractivity contribution in [3.63, 3.8) is 0 Å². The molecule has 0 unspecified atom stereocenters. The van der Waals surface area contributed by atoms with Gasteiger partial charge in [-0.3, -0.25) is 9.69 Å². The van der Waals surface area contributed by atoms with Gasteiger partial charge in [0.2, 0.25) is 11.9 Å². The quantitative estimate of drug-likeness (QED) is 0.396. The molecule has 0 aliphatic heterocycles. The first-order valence-corrected chi connectivity index (χ1v) is 11.4. The van der Waals surface area contributed by atoms with Crippen LogP contribution in [0.2, 0.25) is 0 Å². The van der Waals surface area contributed by atoms with Gasteiger partial charge in [0.25, 0.3) is 10.0 Å². The van der Waals surface area contributed by atoms with Crippen LogP contribution >= 0.6 is 11.8 Å². The highest BCUT2D eigenvalue weighted by atomic mass is 32.2. The van der Waals surface area contributed by atoms with E-state index in [4.69, 9.17) is 4.74 Å². The van der Waals surface area contributed by atoms with E-state index in [1.165, 1.54) is 31.3 Å². The molecular weight excluding hydrogens is 467 g/mol. The van der Waals surface area contributed by atoms with Crippen LogP contribution in [0.4, 0.5) is 21.1 Å². The number of methoxy groups -OCH3 is 2. The maximum atomic E-state index is 14.0.